The number of furan rings is 1. The van der Waals surface area contributed by atoms with E-state index in [1.54, 1.807) is 18.2 Å². The Labute approximate surface area is 115 Å². The summed E-state index contributed by atoms with van der Waals surface area (Å²) in [6.45, 7) is 0. The van der Waals surface area contributed by atoms with Crippen LogP contribution >= 0.6 is 23.2 Å². The maximum absolute atomic E-state index is 13.0. The first-order chi connectivity index (χ1) is 8.60. The second-order valence-electron chi connectivity index (χ2n) is 3.92. The van der Waals surface area contributed by atoms with Gasteiger partial charge in [0, 0.05) is 5.02 Å². The van der Waals surface area contributed by atoms with Gasteiger partial charge >= 0.3 is 0 Å². The summed E-state index contributed by atoms with van der Waals surface area (Å²) in [5, 5.41) is 3.87. The maximum atomic E-state index is 13.0. The molecule has 0 saturated heterocycles. The van der Waals surface area contributed by atoms with Gasteiger partial charge in [0.05, 0.1) is 6.04 Å². The van der Waals surface area contributed by atoms with Crippen molar-refractivity contribution in [3.8, 4) is 0 Å². The molecule has 1 N–H and O–H groups in total. The molecule has 2 aromatic rings. The highest BCUT2D eigenvalue weighted by Crippen LogP contribution is 2.26. The van der Waals surface area contributed by atoms with E-state index in [0.717, 1.165) is 11.3 Å². The predicted molar refractivity (Wildman–Crippen MR) is 70.6 cm³/mol. The van der Waals surface area contributed by atoms with Gasteiger partial charge in [0.25, 0.3) is 0 Å². The van der Waals surface area contributed by atoms with Gasteiger partial charge in [0.1, 0.15) is 11.6 Å². The monoisotopic (exact) mass is 287 g/mol. The molecule has 0 spiro atoms. The molecule has 5 heteroatoms. The van der Waals surface area contributed by atoms with Crippen molar-refractivity contribution in [3.05, 3.63) is 57.7 Å². The van der Waals surface area contributed by atoms with Crippen LogP contribution in [0.2, 0.25) is 10.2 Å². The summed E-state index contributed by atoms with van der Waals surface area (Å²) in [4.78, 5) is 0. The van der Waals surface area contributed by atoms with Crippen LogP contribution in [0, 0.1) is 5.82 Å². The van der Waals surface area contributed by atoms with Gasteiger partial charge in [-0.1, -0.05) is 17.7 Å². The third kappa shape index (κ3) is 3.05. The molecule has 1 atom stereocenters. The van der Waals surface area contributed by atoms with Crippen molar-refractivity contribution >= 4 is 23.2 Å². The number of likely N-dealkylation sites (N-methyl/N-ethyl adjacent to an activating group) is 1. The van der Waals surface area contributed by atoms with Gasteiger partial charge in [0.2, 0.25) is 0 Å². The minimum atomic E-state index is -0.342. The number of hydrogen-bond donors (Lipinski definition) is 1. The lowest BCUT2D eigenvalue weighted by atomic mass is 10.0. The van der Waals surface area contributed by atoms with Crippen LogP contribution in [0.1, 0.15) is 17.4 Å². The first-order valence-electron chi connectivity index (χ1n) is 5.46. The third-order valence-corrected chi connectivity index (χ3v) is 3.28. The van der Waals surface area contributed by atoms with Gasteiger partial charge in [0.15, 0.2) is 5.22 Å². The molecule has 0 aliphatic heterocycles. The Morgan fingerprint density at radius 1 is 1.28 bits per heavy atom. The average Bonchev–Trinajstić information content (AvgIpc) is 2.75. The van der Waals surface area contributed by atoms with Gasteiger partial charge in [-0.05, 0) is 54.9 Å². The molecule has 1 heterocycles. The minimum Gasteiger partial charge on any atom is -0.448 e. The van der Waals surface area contributed by atoms with Crippen LogP contribution in [0.3, 0.4) is 0 Å². The van der Waals surface area contributed by atoms with Crippen LogP contribution < -0.4 is 5.32 Å². The number of halogens is 3. The zero-order valence-electron chi connectivity index (χ0n) is 9.71. The molecule has 0 aliphatic rings. The van der Waals surface area contributed by atoms with E-state index >= 15 is 0 Å². The molecule has 0 fully saturated rings. The summed E-state index contributed by atoms with van der Waals surface area (Å²) in [6, 6.07) is 7.81. The molecule has 1 aromatic carbocycles. The Hall–Kier alpha value is -1.03. The van der Waals surface area contributed by atoms with Crippen molar-refractivity contribution in [1.82, 2.24) is 5.32 Å². The lowest BCUT2D eigenvalue weighted by Gasteiger charge is -2.14. The molecule has 18 heavy (non-hydrogen) atoms. The van der Waals surface area contributed by atoms with Crippen LogP contribution in [0.25, 0.3) is 0 Å². The molecule has 2 rings (SSSR count). The third-order valence-electron chi connectivity index (χ3n) is 2.73. The zero-order valence-corrected chi connectivity index (χ0v) is 11.2. The van der Waals surface area contributed by atoms with Crippen molar-refractivity contribution in [2.24, 2.45) is 0 Å². The number of nitrogens with one attached hydrogen (secondary N) is 1. The van der Waals surface area contributed by atoms with E-state index in [0.29, 0.717) is 16.7 Å². The Kier molecular flexibility index (Phi) is 4.27. The second kappa shape index (κ2) is 5.74. The molecule has 2 nitrogen and oxygen atoms in total. The highest BCUT2D eigenvalue weighted by Gasteiger charge is 2.16. The average molecular weight is 288 g/mol. The van der Waals surface area contributed by atoms with Gasteiger partial charge < -0.3 is 9.73 Å². The van der Waals surface area contributed by atoms with Crippen molar-refractivity contribution in [2.75, 3.05) is 7.05 Å². The van der Waals surface area contributed by atoms with Crippen molar-refractivity contribution in [2.45, 2.75) is 12.5 Å². The Morgan fingerprint density at radius 2 is 2.06 bits per heavy atom. The summed E-state index contributed by atoms with van der Waals surface area (Å²) in [5.41, 5.74) is 0.852. The van der Waals surface area contributed by atoms with E-state index in [1.807, 2.05) is 7.05 Å². The molecule has 96 valence electrons. The maximum Gasteiger partial charge on any atom is 0.193 e. The van der Waals surface area contributed by atoms with E-state index in [2.05, 4.69) is 5.32 Å². The molecule has 1 aromatic heterocycles. The summed E-state index contributed by atoms with van der Waals surface area (Å²) < 4.78 is 18.3. The summed E-state index contributed by atoms with van der Waals surface area (Å²) in [5.74, 6) is 0.383. The lowest BCUT2D eigenvalue weighted by Crippen LogP contribution is -2.18. The fraction of sp³-hybridized carbons (Fsp3) is 0.231. The quantitative estimate of drug-likeness (QED) is 0.910. The van der Waals surface area contributed by atoms with Crippen LogP contribution in [-0.4, -0.2) is 7.05 Å². The number of rotatable bonds is 4. The van der Waals surface area contributed by atoms with Crippen LogP contribution in [0.4, 0.5) is 4.39 Å². The van der Waals surface area contributed by atoms with E-state index in [4.69, 9.17) is 27.6 Å². The fourth-order valence-corrected chi connectivity index (χ4v) is 2.16. The number of hydrogen-bond acceptors (Lipinski definition) is 2. The van der Waals surface area contributed by atoms with Gasteiger partial charge in [-0.15, -0.1) is 0 Å². The SMILES string of the molecule is CNC(Cc1ccc(F)cc1Cl)c1ccc(Cl)o1. The van der Waals surface area contributed by atoms with E-state index in [1.165, 1.54) is 12.1 Å². The van der Waals surface area contributed by atoms with Gasteiger partial charge in [-0.25, -0.2) is 4.39 Å². The van der Waals surface area contributed by atoms with E-state index < -0.39 is 0 Å². The van der Waals surface area contributed by atoms with E-state index in [9.17, 15) is 4.39 Å². The van der Waals surface area contributed by atoms with Gasteiger partial charge in [-0.2, -0.15) is 0 Å². The van der Waals surface area contributed by atoms with Gasteiger partial charge in [-0.3, -0.25) is 0 Å². The molecule has 0 radical (unpaired) electrons. The predicted octanol–water partition coefficient (Wildman–Crippen LogP) is 4.23. The normalized spacial score (nSPS) is 12.7. The minimum absolute atomic E-state index is 0.0551. The van der Waals surface area contributed by atoms with Crippen molar-refractivity contribution in [3.63, 3.8) is 0 Å². The smallest absolute Gasteiger partial charge is 0.193 e. The highest BCUT2D eigenvalue weighted by molar-refractivity contribution is 6.31. The molecular formula is C13H12Cl2FNO. The Morgan fingerprint density at radius 3 is 2.61 bits per heavy atom. The summed E-state index contributed by atoms with van der Waals surface area (Å²) >= 11 is 11.7. The van der Waals surface area contributed by atoms with Crippen LogP contribution in [0.15, 0.2) is 34.7 Å². The largest absolute Gasteiger partial charge is 0.448 e. The molecule has 1 unspecified atom stereocenters. The van der Waals surface area contributed by atoms with Crippen LogP contribution in [0.5, 0.6) is 0 Å². The first-order valence-corrected chi connectivity index (χ1v) is 6.22. The zero-order chi connectivity index (χ0) is 13.1. The standard InChI is InChI=1S/C13H12Cl2FNO/c1-17-11(12-4-5-13(15)18-12)6-8-2-3-9(16)7-10(8)14/h2-5,7,11,17H,6H2,1H3. The topological polar surface area (TPSA) is 25.2 Å². The Bertz CT molecular complexity index is 542. The second-order valence-corrected chi connectivity index (χ2v) is 4.70. The van der Waals surface area contributed by atoms with Crippen molar-refractivity contribution < 1.29 is 8.81 Å². The molecule has 0 saturated carbocycles. The lowest BCUT2D eigenvalue weighted by molar-refractivity contribution is 0.430. The van der Waals surface area contributed by atoms with Crippen LogP contribution in [-0.2, 0) is 6.42 Å². The first kappa shape index (κ1) is 13.4. The van der Waals surface area contributed by atoms with Crippen molar-refractivity contribution in [1.29, 1.82) is 0 Å². The summed E-state index contributed by atoms with van der Waals surface area (Å²) in [6.07, 6.45) is 0.597. The Balaban J connectivity index is 2.20. The molecule has 0 bridgehead atoms. The summed E-state index contributed by atoms with van der Waals surface area (Å²) in [7, 11) is 1.82. The molecule has 0 amide bonds. The molecular weight excluding hydrogens is 276 g/mol. The fourth-order valence-electron chi connectivity index (χ4n) is 1.77. The number of benzene rings is 1. The van der Waals surface area contributed by atoms with E-state index in [-0.39, 0.29) is 11.9 Å². The highest BCUT2D eigenvalue weighted by atomic mass is 35.5. The molecule has 0 aliphatic carbocycles.